The first kappa shape index (κ1) is 12.6. The van der Waals surface area contributed by atoms with Crippen LogP contribution in [0.1, 0.15) is 44.3 Å². The molecule has 1 unspecified atom stereocenters. The second-order valence-corrected chi connectivity index (χ2v) is 4.95. The van der Waals surface area contributed by atoms with Crippen molar-refractivity contribution in [2.45, 2.75) is 50.9 Å². The number of rotatable bonds is 4. The van der Waals surface area contributed by atoms with Gasteiger partial charge in [0.25, 0.3) is 0 Å². The first-order valence-corrected chi connectivity index (χ1v) is 6.67. The number of hydrogen-bond donors (Lipinski definition) is 1. The standard InChI is InChI=1S/C15H23NO/c1-12(13-6-4-3-5-7-13)17-15-10-8-14(16-2)9-11-15/h3-7,12,14-16H,8-11H2,1-2H3. The molecule has 0 amide bonds. The molecular weight excluding hydrogens is 210 g/mol. The van der Waals surface area contributed by atoms with E-state index in [0.29, 0.717) is 12.1 Å². The molecule has 1 atom stereocenters. The Morgan fingerprint density at radius 2 is 1.76 bits per heavy atom. The second kappa shape index (κ2) is 6.18. The number of ether oxygens (including phenoxy) is 1. The third kappa shape index (κ3) is 3.55. The van der Waals surface area contributed by atoms with Crippen molar-refractivity contribution in [2.24, 2.45) is 0 Å². The van der Waals surface area contributed by atoms with Crippen molar-refractivity contribution in [3.05, 3.63) is 35.9 Å². The Balaban J connectivity index is 1.82. The molecule has 1 N–H and O–H groups in total. The van der Waals surface area contributed by atoms with Gasteiger partial charge in [0.05, 0.1) is 12.2 Å². The third-order valence-corrected chi connectivity index (χ3v) is 3.75. The van der Waals surface area contributed by atoms with Crippen LogP contribution >= 0.6 is 0 Å². The minimum absolute atomic E-state index is 0.215. The van der Waals surface area contributed by atoms with Crippen LogP contribution in [0.25, 0.3) is 0 Å². The first-order valence-electron chi connectivity index (χ1n) is 6.67. The Labute approximate surface area is 104 Å². The van der Waals surface area contributed by atoms with Crippen LogP contribution in [0, 0.1) is 0 Å². The van der Waals surface area contributed by atoms with Gasteiger partial charge in [-0.1, -0.05) is 30.3 Å². The Hall–Kier alpha value is -0.860. The number of benzene rings is 1. The van der Waals surface area contributed by atoms with Crippen molar-refractivity contribution in [1.29, 1.82) is 0 Å². The molecule has 1 aromatic rings. The molecule has 0 bridgehead atoms. The van der Waals surface area contributed by atoms with E-state index in [1.807, 2.05) is 6.07 Å². The van der Waals surface area contributed by atoms with E-state index in [-0.39, 0.29) is 6.10 Å². The van der Waals surface area contributed by atoms with Crippen molar-refractivity contribution in [3.8, 4) is 0 Å². The lowest BCUT2D eigenvalue weighted by Crippen LogP contribution is -2.33. The highest BCUT2D eigenvalue weighted by molar-refractivity contribution is 5.16. The molecule has 1 aliphatic rings. The Kier molecular flexibility index (Phi) is 4.57. The van der Waals surface area contributed by atoms with Crippen molar-refractivity contribution in [3.63, 3.8) is 0 Å². The van der Waals surface area contributed by atoms with E-state index >= 15 is 0 Å². The average molecular weight is 233 g/mol. The van der Waals surface area contributed by atoms with Gasteiger partial charge in [-0.05, 0) is 45.2 Å². The van der Waals surface area contributed by atoms with Gasteiger partial charge in [0, 0.05) is 6.04 Å². The van der Waals surface area contributed by atoms with E-state index in [1.165, 1.54) is 31.2 Å². The fourth-order valence-corrected chi connectivity index (χ4v) is 2.58. The maximum absolute atomic E-state index is 6.14. The number of hydrogen-bond acceptors (Lipinski definition) is 2. The Morgan fingerprint density at radius 3 is 2.35 bits per heavy atom. The largest absolute Gasteiger partial charge is 0.371 e. The molecule has 0 radical (unpaired) electrons. The highest BCUT2D eigenvalue weighted by atomic mass is 16.5. The van der Waals surface area contributed by atoms with E-state index in [9.17, 15) is 0 Å². The minimum Gasteiger partial charge on any atom is -0.371 e. The summed E-state index contributed by atoms with van der Waals surface area (Å²) in [5.41, 5.74) is 1.28. The van der Waals surface area contributed by atoms with E-state index in [2.05, 4.69) is 43.6 Å². The molecule has 2 heteroatoms. The summed E-state index contributed by atoms with van der Waals surface area (Å²) in [5, 5.41) is 3.35. The minimum atomic E-state index is 0.215. The molecule has 0 aliphatic heterocycles. The summed E-state index contributed by atoms with van der Waals surface area (Å²) in [7, 11) is 2.05. The monoisotopic (exact) mass is 233 g/mol. The van der Waals surface area contributed by atoms with Crippen LogP contribution in [0.3, 0.4) is 0 Å². The van der Waals surface area contributed by atoms with Gasteiger partial charge < -0.3 is 10.1 Å². The normalized spacial score (nSPS) is 26.7. The first-order chi connectivity index (χ1) is 8.29. The maximum atomic E-state index is 6.14. The molecule has 0 spiro atoms. The van der Waals surface area contributed by atoms with Crippen LogP contribution in [0.4, 0.5) is 0 Å². The molecule has 2 nitrogen and oxygen atoms in total. The molecule has 1 aromatic carbocycles. The summed E-state index contributed by atoms with van der Waals surface area (Å²) in [6, 6.07) is 11.2. The van der Waals surface area contributed by atoms with Crippen LogP contribution < -0.4 is 5.32 Å². The van der Waals surface area contributed by atoms with Gasteiger partial charge in [0.1, 0.15) is 0 Å². The van der Waals surface area contributed by atoms with Crippen molar-refractivity contribution in [1.82, 2.24) is 5.32 Å². The molecular formula is C15H23NO. The van der Waals surface area contributed by atoms with Gasteiger partial charge >= 0.3 is 0 Å². The second-order valence-electron chi connectivity index (χ2n) is 4.95. The van der Waals surface area contributed by atoms with Gasteiger partial charge in [-0.3, -0.25) is 0 Å². The zero-order valence-corrected chi connectivity index (χ0v) is 10.9. The molecule has 0 heterocycles. The molecule has 17 heavy (non-hydrogen) atoms. The quantitative estimate of drug-likeness (QED) is 0.861. The summed E-state index contributed by atoms with van der Waals surface area (Å²) in [6.07, 6.45) is 5.50. The van der Waals surface area contributed by atoms with E-state index in [4.69, 9.17) is 4.74 Å². The number of nitrogens with one attached hydrogen (secondary N) is 1. The van der Waals surface area contributed by atoms with Crippen LogP contribution in [0.5, 0.6) is 0 Å². The van der Waals surface area contributed by atoms with Crippen LogP contribution in [-0.4, -0.2) is 19.2 Å². The lowest BCUT2D eigenvalue weighted by Gasteiger charge is -2.30. The van der Waals surface area contributed by atoms with Crippen molar-refractivity contribution >= 4 is 0 Å². The summed E-state index contributed by atoms with van der Waals surface area (Å²) in [6.45, 7) is 2.15. The Bertz CT molecular complexity index is 317. The van der Waals surface area contributed by atoms with Crippen LogP contribution in [0.15, 0.2) is 30.3 Å². The predicted octanol–water partition coefficient (Wildman–Crippen LogP) is 3.29. The van der Waals surface area contributed by atoms with E-state index in [0.717, 1.165) is 0 Å². The Morgan fingerprint density at radius 1 is 1.12 bits per heavy atom. The van der Waals surface area contributed by atoms with Crippen molar-refractivity contribution in [2.75, 3.05) is 7.05 Å². The maximum Gasteiger partial charge on any atom is 0.0800 e. The molecule has 1 fully saturated rings. The average Bonchev–Trinajstić information content (AvgIpc) is 2.40. The van der Waals surface area contributed by atoms with Crippen LogP contribution in [0.2, 0.25) is 0 Å². The lowest BCUT2D eigenvalue weighted by molar-refractivity contribution is -0.0259. The molecule has 2 rings (SSSR count). The zero-order chi connectivity index (χ0) is 12.1. The van der Waals surface area contributed by atoms with Gasteiger partial charge in [-0.25, -0.2) is 0 Å². The lowest BCUT2D eigenvalue weighted by atomic mass is 9.93. The van der Waals surface area contributed by atoms with Gasteiger partial charge in [-0.15, -0.1) is 0 Å². The predicted molar refractivity (Wildman–Crippen MR) is 71.0 cm³/mol. The topological polar surface area (TPSA) is 21.3 Å². The van der Waals surface area contributed by atoms with Gasteiger partial charge in [0.2, 0.25) is 0 Å². The summed E-state index contributed by atoms with van der Waals surface area (Å²) < 4.78 is 6.14. The SMILES string of the molecule is CNC1CCC(OC(C)c2ccccc2)CC1. The molecule has 94 valence electrons. The highest BCUT2D eigenvalue weighted by Gasteiger charge is 2.22. The fourth-order valence-electron chi connectivity index (χ4n) is 2.58. The highest BCUT2D eigenvalue weighted by Crippen LogP contribution is 2.26. The molecule has 0 saturated heterocycles. The van der Waals surface area contributed by atoms with E-state index < -0.39 is 0 Å². The summed E-state index contributed by atoms with van der Waals surface area (Å²) in [5.74, 6) is 0. The smallest absolute Gasteiger partial charge is 0.0800 e. The molecule has 1 aliphatic carbocycles. The van der Waals surface area contributed by atoms with Crippen LogP contribution in [-0.2, 0) is 4.74 Å². The third-order valence-electron chi connectivity index (χ3n) is 3.75. The van der Waals surface area contributed by atoms with Crippen molar-refractivity contribution < 1.29 is 4.74 Å². The molecule has 0 aromatic heterocycles. The van der Waals surface area contributed by atoms with Gasteiger partial charge in [0.15, 0.2) is 0 Å². The zero-order valence-electron chi connectivity index (χ0n) is 10.9. The fraction of sp³-hybridized carbons (Fsp3) is 0.600. The summed E-state index contributed by atoms with van der Waals surface area (Å²) >= 11 is 0. The summed E-state index contributed by atoms with van der Waals surface area (Å²) in [4.78, 5) is 0. The van der Waals surface area contributed by atoms with E-state index in [1.54, 1.807) is 0 Å². The van der Waals surface area contributed by atoms with Gasteiger partial charge in [-0.2, -0.15) is 0 Å². The molecule has 1 saturated carbocycles.